The third-order valence-electron chi connectivity index (χ3n) is 6.39. The molecule has 1 aliphatic heterocycles. The van der Waals surface area contributed by atoms with Crippen molar-refractivity contribution in [3.63, 3.8) is 0 Å². The van der Waals surface area contributed by atoms with Gasteiger partial charge >= 0.3 is 0 Å². The van der Waals surface area contributed by atoms with E-state index in [2.05, 4.69) is 10.4 Å². The summed E-state index contributed by atoms with van der Waals surface area (Å²) in [6.07, 6.45) is 8.54. The predicted octanol–water partition coefficient (Wildman–Crippen LogP) is 3.60. The Bertz CT molecular complexity index is 1060. The molecule has 4 heterocycles. The Labute approximate surface area is 180 Å². The van der Waals surface area contributed by atoms with Crippen LogP contribution in [0.25, 0.3) is 11.5 Å². The van der Waals surface area contributed by atoms with Crippen molar-refractivity contribution in [2.75, 3.05) is 0 Å². The van der Waals surface area contributed by atoms with E-state index < -0.39 is 5.54 Å². The van der Waals surface area contributed by atoms with E-state index in [0.717, 1.165) is 25.7 Å². The van der Waals surface area contributed by atoms with E-state index in [1.807, 2.05) is 13.0 Å². The van der Waals surface area contributed by atoms with Gasteiger partial charge in [-0.2, -0.15) is 5.10 Å². The van der Waals surface area contributed by atoms with E-state index >= 15 is 0 Å². The molecule has 1 saturated carbocycles. The minimum atomic E-state index is -1.10. The van der Waals surface area contributed by atoms with Crippen LogP contribution in [0.15, 0.2) is 51.7 Å². The molecular formula is C23H26N4O4. The summed E-state index contributed by atoms with van der Waals surface area (Å²) in [6, 6.07) is 9.04. The zero-order valence-corrected chi connectivity index (χ0v) is 17.5. The van der Waals surface area contributed by atoms with E-state index in [1.165, 1.54) is 6.42 Å². The molecule has 2 amide bonds. The Morgan fingerprint density at radius 1 is 1.19 bits per heavy atom. The average Bonchev–Trinajstić information content (AvgIpc) is 3.53. The summed E-state index contributed by atoms with van der Waals surface area (Å²) in [6.45, 7) is 2.28. The first-order valence-electron chi connectivity index (χ1n) is 10.8. The number of nitrogens with one attached hydrogen (secondary N) is 1. The number of carbonyl (C=O) groups is 2. The molecule has 8 heteroatoms. The number of nitrogens with zero attached hydrogens (tertiary/aromatic N) is 3. The Hall–Kier alpha value is -3.29. The lowest BCUT2D eigenvalue weighted by Crippen LogP contribution is -2.64. The number of fused-ring (bicyclic) bond motifs is 1. The molecule has 1 N–H and O–H groups in total. The first kappa shape index (κ1) is 19.7. The maximum absolute atomic E-state index is 13.6. The zero-order valence-electron chi connectivity index (χ0n) is 17.5. The van der Waals surface area contributed by atoms with Gasteiger partial charge in [0.25, 0.3) is 5.91 Å². The van der Waals surface area contributed by atoms with Crippen molar-refractivity contribution in [3.8, 4) is 11.5 Å². The average molecular weight is 422 g/mol. The Kier molecular flexibility index (Phi) is 4.92. The van der Waals surface area contributed by atoms with Gasteiger partial charge in [0.1, 0.15) is 22.7 Å². The maximum Gasteiger partial charge on any atom is 0.273 e. The molecule has 8 nitrogen and oxygen atoms in total. The molecule has 3 aromatic heterocycles. The van der Waals surface area contributed by atoms with E-state index in [9.17, 15) is 9.59 Å². The molecule has 1 fully saturated rings. The van der Waals surface area contributed by atoms with Crippen LogP contribution in [0.1, 0.15) is 55.3 Å². The number of hydrogen-bond donors (Lipinski definition) is 1. The maximum atomic E-state index is 13.6. The third kappa shape index (κ3) is 3.56. The van der Waals surface area contributed by atoms with Gasteiger partial charge in [0.15, 0.2) is 5.76 Å². The van der Waals surface area contributed by atoms with Crippen molar-refractivity contribution in [1.82, 2.24) is 20.0 Å². The van der Waals surface area contributed by atoms with Crippen LogP contribution in [0.2, 0.25) is 0 Å². The summed E-state index contributed by atoms with van der Waals surface area (Å²) >= 11 is 0. The van der Waals surface area contributed by atoms with Crippen LogP contribution in [0.4, 0.5) is 0 Å². The molecule has 0 radical (unpaired) electrons. The van der Waals surface area contributed by atoms with Gasteiger partial charge in [0, 0.05) is 12.1 Å². The third-order valence-corrected chi connectivity index (χ3v) is 6.39. The molecule has 0 spiro atoms. The van der Waals surface area contributed by atoms with E-state index in [-0.39, 0.29) is 30.9 Å². The normalized spacial score (nSPS) is 21.8. The van der Waals surface area contributed by atoms with Gasteiger partial charge in [-0.1, -0.05) is 19.3 Å². The largest absolute Gasteiger partial charge is 0.467 e. The fraction of sp³-hybridized carbons (Fsp3) is 0.435. The highest BCUT2D eigenvalue weighted by Crippen LogP contribution is 2.32. The number of carbonyl (C=O) groups excluding carboxylic acids is 2. The summed E-state index contributed by atoms with van der Waals surface area (Å²) in [5.74, 6) is 0.805. The highest BCUT2D eigenvalue weighted by Gasteiger charge is 2.48. The molecule has 1 unspecified atom stereocenters. The molecule has 1 atom stereocenters. The van der Waals surface area contributed by atoms with E-state index in [4.69, 9.17) is 8.83 Å². The lowest BCUT2D eigenvalue weighted by atomic mass is 9.91. The SMILES string of the molecule is CC1(C(=O)NC2CCCCC2)Cn2nc(-c3ccco3)cc2C(=O)N1Cc1ccco1. The van der Waals surface area contributed by atoms with Crippen molar-refractivity contribution in [2.45, 2.75) is 63.7 Å². The second-order valence-corrected chi connectivity index (χ2v) is 8.60. The van der Waals surface area contributed by atoms with Gasteiger partial charge in [0.05, 0.1) is 25.6 Å². The standard InChI is InChI=1S/C23H26N4O4/c1-23(22(29)24-16-7-3-2-4-8-16)15-27-19(13-18(25-27)20-10-6-12-31-20)21(28)26(23)14-17-9-5-11-30-17/h5-6,9-13,16H,2-4,7-8,14-15H2,1H3,(H,24,29). The second-order valence-electron chi connectivity index (χ2n) is 8.60. The summed E-state index contributed by atoms with van der Waals surface area (Å²) < 4.78 is 12.6. The quantitative estimate of drug-likeness (QED) is 0.678. The highest BCUT2D eigenvalue weighted by molar-refractivity contribution is 6.00. The monoisotopic (exact) mass is 422 g/mol. The molecule has 162 valence electrons. The van der Waals surface area contributed by atoms with Gasteiger partial charge < -0.3 is 19.1 Å². The Balaban J connectivity index is 1.49. The van der Waals surface area contributed by atoms with Crippen molar-refractivity contribution >= 4 is 11.8 Å². The van der Waals surface area contributed by atoms with E-state index in [0.29, 0.717) is 22.9 Å². The minimum absolute atomic E-state index is 0.149. The van der Waals surface area contributed by atoms with Crippen LogP contribution in [0.5, 0.6) is 0 Å². The highest BCUT2D eigenvalue weighted by atomic mass is 16.3. The van der Waals surface area contributed by atoms with Gasteiger partial charge in [0.2, 0.25) is 5.91 Å². The van der Waals surface area contributed by atoms with Crippen LogP contribution in [-0.4, -0.2) is 38.1 Å². The van der Waals surface area contributed by atoms with Crippen LogP contribution < -0.4 is 5.32 Å². The van der Waals surface area contributed by atoms with Crippen LogP contribution in [-0.2, 0) is 17.9 Å². The molecule has 3 aromatic rings. The number of rotatable bonds is 5. The summed E-state index contributed by atoms with van der Waals surface area (Å²) in [5.41, 5.74) is -0.0926. The van der Waals surface area contributed by atoms with Crippen LogP contribution in [0, 0.1) is 0 Å². The molecular weight excluding hydrogens is 396 g/mol. The summed E-state index contributed by atoms with van der Waals surface area (Å²) in [7, 11) is 0. The van der Waals surface area contributed by atoms with Crippen LogP contribution in [0.3, 0.4) is 0 Å². The van der Waals surface area contributed by atoms with Gasteiger partial charge in [-0.3, -0.25) is 14.3 Å². The zero-order chi connectivity index (χ0) is 21.4. The molecule has 31 heavy (non-hydrogen) atoms. The minimum Gasteiger partial charge on any atom is -0.467 e. The Morgan fingerprint density at radius 2 is 1.97 bits per heavy atom. The number of hydrogen-bond acceptors (Lipinski definition) is 5. The smallest absolute Gasteiger partial charge is 0.273 e. The van der Waals surface area contributed by atoms with Crippen molar-refractivity contribution in [3.05, 3.63) is 54.3 Å². The van der Waals surface area contributed by atoms with Crippen molar-refractivity contribution in [1.29, 1.82) is 0 Å². The first-order chi connectivity index (χ1) is 15.0. The lowest BCUT2D eigenvalue weighted by molar-refractivity contribution is -0.134. The second kappa shape index (κ2) is 7.76. The molecule has 0 aromatic carbocycles. The van der Waals surface area contributed by atoms with Crippen molar-refractivity contribution in [2.24, 2.45) is 0 Å². The predicted molar refractivity (Wildman–Crippen MR) is 112 cm³/mol. The topological polar surface area (TPSA) is 93.5 Å². The number of aromatic nitrogens is 2. The lowest BCUT2D eigenvalue weighted by Gasteiger charge is -2.43. The van der Waals surface area contributed by atoms with Crippen molar-refractivity contribution < 1.29 is 18.4 Å². The molecule has 2 aliphatic rings. The fourth-order valence-electron chi connectivity index (χ4n) is 4.58. The summed E-state index contributed by atoms with van der Waals surface area (Å²) in [4.78, 5) is 28.7. The Morgan fingerprint density at radius 3 is 2.68 bits per heavy atom. The molecule has 5 rings (SSSR count). The molecule has 1 aliphatic carbocycles. The van der Waals surface area contributed by atoms with E-state index in [1.54, 1.807) is 46.4 Å². The number of furan rings is 2. The van der Waals surface area contributed by atoms with Gasteiger partial charge in [-0.25, -0.2) is 0 Å². The van der Waals surface area contributed by atoms with Gasteiger partial charge in [-0.05, 0) is 44.0 Å². The number of amides is 2. The first-order valence-corrected chi connectivity index (χ1v) is 10.8. The molecule has 0 saturated heterocycles. The van der Waals surface area contributed by atoms with Gasteiger partial charge in [-0.15, -0.1) is 0 Å². The fourth-order valence-corrected chi connectivity index (χ4v) is 4.58. The van der Waals surface area contributed by atoms with Crippen LogP contribution >= 0.6 is 0 Å². The summed E-state index contributed by atoms with van der Waals surface area (Å²) in [5, 5.41) is 7.77. The molecule has 0 bridgehead atoms.